The first-order valence-corrected chi connectivity index (χ1v) is 10.8. The Bertz CT molecular complexity index is 1340. The number of hydrogen-bond donors (Lipinski definition) is 0. The number of fused-ring (bicyclic) bond motifs is 6. The van der Waals surface area contributed by atoms with Crippen LogP contribution in [0.3, 0.4) is 0 Å². The average Bonchev–Trinajstić information content (AvgIpc) is 3.14. The Morgan fingerprint density at radius 2 is 1.84 bits per heavy atom. The van der Waals surface area contributed by atoms with Gasteiger partial charge in [0.05, 0.1) is 11.6 Å². The molecule has 2 aromatic heterocycles. The lowest BCUT2D eigenvalue weighted by Gasteiger charge is -2.41. The summed E-state index contributed by atoms with van der Waals surface area (Å²) in [6.45, 7) is 5.49. The van der Waals surface area contributed by atoms with Gasteiger partial charge >= 0.3 is 0 Å². The molecular weight excluding hydrogens is 382 g/mol. The van der Waals surface area contributed by atoms with Crippen molar-refractivity contribution in [3.63, 3.8) is 0 Å². The number of nitrogens with zero attached hydrogens (tertiary/aromatic N) is 3. The normalized spacial score (nSPS) is 17.2. The van der Waals surface area contributed by atoms with Crippen LogP contribution in [0.25, 0.3) is 17.0 Å². The summed E-state index contributed by atoms with van der Waals surface area (Å²) in [4.78, 5) is 19.8. The van der Waals surface area contributed by atoms with E-state index in [4.69, 9.17) is 0 Å². The SMILES string of the molecule is C=Cc1cncc2c1CC1c3c(c4ccccc4n3Cc3ccccc3)CCN1C2=O. The Morgan fingerprint density at radius 3 is 2.68 bits per heavy atom. The zero-order chi connectivity index (χ0) is 20.9. The van der Waals surface area contributed by atoms with Gasteiger partial charge in [-0.15, -0.1) is 0 Å². The van der Waals surface area contributed by atoms with Crippen LogP contribution in [0.5, 0.6) is 0 Å². The zero-order valence-electron chi connectivity index (χ0n) is 17.3. The van der Waals surface area contributed by atoms with Crippen molar-refractivity contribution in [2.75, 3.05) is 6.54 Å². The number of aromatic nitrogens is 2. The lowest BCUT2D eigenvalue weighted by molar-refractivity contribution is 0.0622. The number of pyridine rings is 1. The number of carbonyl (C=O) groups excluding carboxylic acids is 1. The van der Waals surface area contributed by atoms with Crippen LogP contribution in [0.1, 0.15) is 44.3 Å². The van der Waals surface area contributed by atoms with Crippen molar-refractivity contribution < 1.29 is 4.79 Å². The molecule has 2 aromatic carbocycles. The van der Waals surface area contributed by atoms with Crippen molar-refractivity contribution in [3.05, 3.63) is 107 Å². The van der Waals surface area contributed by atoms with Gasteiger partial charge in [-0.2, -0.15) is 0 Å². The van der Waals surface area contributed by atoms with Crippen molar-refractivity contribution in [2.45, 2.75) is 25.4 Å². The maximum absolute atomic E-state index is 13.5. The van der Waals surface area contributed by atoms with Gasteiger partial charge in [-0.25, -0.2) is 0 Å². The molecule has 2 aliphatic heterocycles. The van der Waals surface area contributed by atoms with Crippen LogP contribution >= 0.6 is 0 Å². The summed E-state index contributed by atoms with van der Waals surface area (Å²) >= 11 is 0. The van der Waals surface area contributed by atoms with Gasteiger partial charge in [0.25, 0.3) is 5.91 Å². The summed E-state index contributed by atoms with van der Waals surface area (Å²) < 4.78 is 2.43. The van der Waals surface area contributed by atoms with E-state index in [0.717, 1.165) is 42.6 Å². The number of para-hydroxylation sites is 1. The first-order chi connectivity index (χ1) is 15.3. The van der Waals surface area contributed by atoms with E-state index in [2.05, 4.69) is 75.6 Å². The van der Waals surface area contributed by atoms with Crippen LogP contribution in [-0.4, -0.2) is 26.9 Å². The molecule has 4 aromatic rings. The molecule has 4 heterocycles. The highest BCUT2D eigenvalue weighted by atomic mass is 16.2. The number of amides is 1. The van der Waals surface area contributed by atoms with Crippen molar-refractivity contribution in [2.24, 2.45) is 0 Å². The Kier molecular flexibility index (Phi) is 4.06. The third-order valence-corrected chi connectivity index (χ3v) is 6.80. The van der Waals surface area contributed by atoms with E-state index < -0.39 is 0 Å². The van der Waals surface area contributed by atoms with Crippen molar-refractivity contribution in [1.82, 2.24) is 14.5 Å². The third-order valence-electron chi connectivity index (χ3n) is 6.80. The predicted octanol–water partition coefficient (Wildman–Crippen LogP) is 5.02. The Morgan fingerprint density at radius 1 is 1.03 bits per heavy atom. The van der Waals surface area contributed by atoms with Gasteiger partial charge in [-0.3, -0.25) is 9.78 Å². The second-order valence-electron chi connectivity index (χ2n) is 8.38. The number of carbonyl (C=O) groups is 1. The highest BCUT2D eigenvalue weighted by Crippen LogP contribution is 2.43. The summed E-state index contributed by atoms with van der Waals surface area (Å²) in [5.41, 5.74) is 7.93. The van der Waals surface area contributed by atoms with Crippen LogP contribution in [0.4, 0.5) is 0 Å². The van der Waals surface area contributed by atoms with Gasteiger partial charge in [0.1, 0.15) is 0 Å². The maximum Gasteiger partial charge on any atom is 0.256 e. The van der Waals surface area contributed by atoms with E-state index in [1.54, 1.807) is 6.20 Å². The second-order valence-corrected chi connectivity index (χ2v) is 8.38. The fraction of sp³-hybridized carbons (Fsp3) is 0.185. The van der Waals surface area contributed by atoms with Gasteiger partial charge in [0.2, 0.25) is 0 Å². The van der Waals surface area contributed by atoms with E-state index in [-0.39, 0.29) is 11.9 Å². The summed E-state index contributed by atoms with van der Waals surface area (Å²) in [5, 5.41) is 1.31. The van der Waals surface area contributed by atoms with Crippen LogP contribution in [0.15, 0.2) is 73.6 Å². The van der Waals surface area contributed by atoms with Crippen LogP contribution in [-0.2, 0) is 19.4 Å². The fourth-order valence-corrected chi connectivity index (χ4v) is 5.40. The Balaban J connectivity index is 1.57. The molecule has 6 rings (SSSR count). The molecule has 0 saturated carbocycles. The highest BCUT2D eigenvalue weighted by molar-refractivity contribution is 5.98. The molecule has 152 valence electrons. The average molecular weight is 406 g/mol. The molecule has 1 atom stereocenters. The number of rotatable bonds is 3. The molecule has 1 amide bonds. The smallest absolute Gasteiger partial charge is 0.256 e. The van der Waals surface area contributed by atoms with Crippen LogP contribution in [0, 0.1) is 0 Å². The Hall–Kier alpha value is -3.66. The second kappa shape index (κ2) is 6.95. The molecular formula is C27H23N3O. The van der Waals surface area contributed by atoms with E-state index in [9.17, 15) is 4.79 Å². The lowest BCUT2D eigenvalue weighted by atomic mass is 9.85. The molecule has 0 saturated heterocycles. The molecule has 31 heavy (non-hydrogen) atoms. The molecule has 0 aliphatic carbocycles. The minimum atomic E-state index is 0.0287. The van der Waals surface area contributed by atoms with Crippen molar-refractivity contribution >= 4 is 22.9 Å². The highest BCUT2D eigenvalue weighted by Gasteiger charge is 2.40. The van der Waals surface area contributed by atoms with E-state index >= 15 is 0 Å². The van der Waals surface area contributed by atoms with E-state index in [0.29, 0.717) is 0 Å². The molecule has 0 bridgehead atoms. The summed E-state index contributed by atoms with van der Waals surface area (Å²) in [6.07, 6.45) is 7.03. The predicted molar refractivity (Wildman–Crippen MR) is 123 cm³/mol. The van der Waals surface area contributed by atoms with E-state index in [1.807, 2.05) is 12.3 Å². The molecule has 0 radical (unpaired) electrons. The lowest BCUT2D eigenvalue weighted by Crippen LogP contribution is -2.45. The first kappa shape index (κ1) is 18.1. The van der Waals surface area contributed by atoms with Crippen molar-refractivity contribution in [3.8, 4) is 0 Å². The summed E-state index contributed by atoms with van der Waals surface area (Å²) in [6, 6.07) is 19.3. The largest absolute Gasteiger partial charge is 0.338 e. The van der Waals surface area contributed by atoms with E-state index in [1.165, 1.54) is 27.7 Å². The van der Waals surface area contributed by atoms with Crippen LogP contribution in [0.2, 0.25) is 0 Å². The first-order valence-electron chi connectivity index (χ1n) is 10.8. The zero-order valence-corrected chi connectivity index (χ0v) is 17.3. The molecule has 4 heteroatoms. The van der Waals surface area contributed by atoms with Gasteiger partial charge in [0.15, 0.2) is 0 Å². The molecule has 2 aliphatic rings. The quantitative estimate of drug-likeness (QED) is 0.480. The minimum Gasteiger partial charge on any atom is -0.338 e. The van der Waals surface area contributed by atoms with Gasteiger partial charge in [0, 0.05) is 48.5 Å². The van der Waals surface area contributed by atoms with Crippen molar-refractivity contribution in [1.29, 1.82) is 0 Å². The van der Waals surface area contributed by atoms with Crippen LogP contribution < -0.4 is 0 Å². The van der Waals surface area contributed by atoms with Gasteiger partial charge < -0.3 is 9.47 Å². The molecule has 1 unspecified atom stereocenters. The number of hydrogen-bond acceptors (Lipinski definition) is 2. The topological polar surface area (TPSA) is 38.1 Å². The monoisotopic (exact) mass is 405 g/mol. The molecule has 0 N–H and O–H groups in total. The standard InChI is InChI=1S/C27H23N3O/c1-2-19-15-28-16-23-22(19)14-25-26-21(12-13-29(25)27(23)31)20-10-6-7-11-24(20)30(26)17-18-8-4-3-5-9-18/h2-11,15-16,25H,1,12-14,17H2. The summed E-state index contributed by atoms with van der Waals surface area (Å²) in [5.74, 6) is 0.0876. The number of benzene rings is 2. The van der Waals surface area contributed by atoms with Gasteiger partial charge in [-0.1, -0.05) is 61.2 Å². The van der Waals surface area contributed by atoms with Gasteiger partial charge in [-0.05, 0) is 34.7 Å². The third kappa shape index (κ3) is 2.68. The Labute approximate surface area is 181 Å². The molecule has 4 nitrogen and oxygen atoms in total. The fourth-order valence-electron chi connectivity index (χ4n) is 5.40. The molecule has 0 spiro atoms. The minimum absolute atomic E-state index is 0.0287. The summed E-state index contributed by atoms with van der Waals surface area (Å²) in [7, 11) is 0. The molecule has 0 fully saturated rings. The maximum atomic E-state index is 13.5.